The van der Waals surface area contributed by atoms with Gasteiger partial charge >= 0.3 is 0 Å². The Morgan fingerprint density at radius 2 is 1.67 bits per heavy atom. The van der Waals surface area contributed by atoms with Crippen LogP contribution >= 0.6 is 0 Å². The smallest absolute Gasteiger partial charge is 0.129 e. The summed E-state index contributed by atoms with van der Waals surface area (Å²) < 4.78 is 2.18. The number of hydrogen-bond acceptors (Lipinski definition) is 5. The van der Waals surface area contributed by atoms with Crippen molar-refractivity contribution in [3.63, 3.8) is 0 Å². The lowest BCUT2D eigenvalue weighted by atomic mass is 10.1. The molecule has 1 aromatic carbocycles. The Kier molecular flexibility index (Phi) is 5.66. The van der Waals surface area contributed by atoms with Crippen LogP contribution in [0.2, 0.25) is 0 Å². The first kappa shape index (κ1) is 20.3. The monoisotopic (exact) mass is 402 g/mol. The fourth-order valence-corrected chi connectivity index (χ4v) is 4.19. The van der Waals surface area contributed by atoms with E-state index in [-0.39, 0.29) is 0 Å². The molecule has 0 aliphatic carbocycles. The van der Waals surface area contributed by atoms with Gasteiger partial charge in [-0.25, -0.2) is 15.0 Å². The minimum Gasteiger partial charge on any atom is -0.368 e. The topological polar surface area (TPSA) is 59.7 Å². The summed E-state index contributed by atoms with van der Waals surface area (Å²) in [6, 6.07) is 8.22. The van der Waals surface area contributed by atoms with E-state index in [4.69, 9.17) is 15.0 Å². The van der Waals surface area contributed by atoms with Crippen molar-refractivity contribution in [3.8, 4) is 0 Å². The molecule has 156 valence electrons. The SMILES string of the molecule is CC.Cc1nc(CCc2nc3c4cccnc4ccc3n2C)nc(C)c1N1CCC1. The summed E-state index contributed by atoms with van der Waals surface area (Å²) in [5.74, 6) is 1.95. The number of fused-ring (bicyclic) bond motifs is 3. The van der Waals surface area contributed by atoms with Crippen LogP contribution in [0, 0.1) is 13.8 Å². The van der Waals surface area contributed by atoms with Crippen LogP contribution in [0.5, 0.6) is 0 Å². The summed E-state index contributed by atoms with van der Waals surface area (Å²) in [6.07, 6.45) is 4.69. The van der Waals surface area contributed by atoms with Gasteiger partial charge in [0.05, 0.1) is 33.6 Å². The second kappa shape index (κ2) is 8.38. The van der Waals surface area contributed by atoms with Crippen molar-refractivity contribution >= 4 is 27.6 Å². The predicted molar refractivity (Wildman–Crippen MR) is 123 cm³/mol. The van der Waals surface area contributed by atoms with Crippen LogP contribution in [0.4, 0.5) is 5.69 Å². The van der Waals surface area contributed by atoms with Crippen LogP contribution in [-0.4, -0.2) is 37.6 Å². The molecule has 6 heteroatoms. The van der Waals surface area contributed by atoms with Gasteiger partial charge in [0.15, 0.2) is 0 Å². The molecule has 0 atom stereocenters. The second-order valence-corrected chi connectivity index (χ2v) is 7.59. The van der Waals surface area contributed by atoms with Crippen LogP contribution in [0.1, 0.15) is 43.3 Å². The van der Waals surface area contributed by atoms with Crippen LogP contribution in [-0.2, 0) is 19.9 Å². The third-order valence-corrected chi connectivity index (χ3v) is 5.75. The van der Waals surface area contributed by atoms with E-state index in [1.807, 2.05) is 26.1 Å². The van der Waals surface area contributed by atoms with Crippen LogP contribution in [0.3, 0.4) is 0 Å². The molecule has 5 rings (SSSR count). The highest BCUT2D eigenvalue weighted by Gasteiger charge is 2.21. The van der Waals surface area contributed by atoms with E-state index >= 15 is 0 Å². The number of aromatic nitrogens is 5. The highest BCUT2D eigenvalue weighted by molar-refractivity contribution is 6.02. The van der Waals surface area contributed by atoms with Gasteiger partial charge in [0.1, 0.15) is 11.6 Å². The lowest BCUT2D eigenvalue weighted by Gasteiger charge is -2.34. The normalized spacial score (nSPS) is 13.3. The molecule has 3 aromatic heterocycles. The Balaban J connectivity index is 0.00000106. The highest BCUT2D eigenvalue weighted by Crippen LogP contribution is 2.27. The maximum Gasteiger partial charge on any atom is 0.129 e. The zero-order chi connectivity index (χ0) is 21.3. The van der Waals surface area contributed by atoms with Gasteiger partial charge in [-0.1, -0.05) is 13.8 Å². The molecule has 6 nitrogen and oxygen atoms in total. The minimum absolute atomic E-state index is 0.787. The maximum absolute atomic E-state index is 4.93. The lowest BCUT2D eigenvalue weighted by molar-refractivity contribution is 0.609. The average Bonchev–Trinajstić information content (AvgIpc) is 3.05. The Morgan fingerprint density at radius 1 is 0.933 bits per heavy atom. The molecule has 4 heterocycles. The largest absolute Gasteiger partial charge is 0.368 e. The van der Waals surface area contributed by atoms with Crippen LogP contribution in [0.25, 0.3) is 21.9 Å². The number of pyridine rings is 1. The Labute approximate surface area is 178 Å². The number of benzene rings is 1. The van der Waals surface area contributed by atoms with E-state index in [2.05, 4.69) is 53.5 Å². The number of nitrogens with zero attached hydrogens (tertiary/aromatic N) is 6. The molecular formula is C24H30N6. The maximum atomic E-state index is 4.93. The van der Waals surface area contributed by atoms with Gasteiger partial charge < -0.3 is 9.47 Å². The molecule has 0 amide bonds. The van der Waals surface area contributed by atoms with E-state index in [0.717, 1.165) is 70.9 Å². The van der Waals surface area contributed by atoms with Gasteiger partial charge in [-0.3, -0.25) is 4.98 Å². The van der Waals surface area contributed by atoms with Gasteiger partial charge in [0.25, 0.3) is 0 Å². The zero-order valence-electron chi connectivity index (χ0n) is 18.6. The summed E-state index contributed by atoms with van der Waals surface area (Å²) in [4.78, 5) is 21.3. The highest BCUT2D eigenvalue weighted by atomic mass is 15.2. The third kappa shape index (κ3) is 3.51. The molecule has 1 aliphatic heterocycles. The third-order valence-electron chi connectivity index (χ3n) is 5.75. The van der Waals surface area contributed by atoms with Crippen molar-refractivity contribution in [1.29, 1.82) is 0 Å². The van der Waals surface area contributed by atoms with Gasteiger partial charge in [0.2, 0.25) is 0 Å². The van der Waals surface area contributed by atoms with Crippen molar-refractivity contribution in [3.05, 3.63) is 53.5 Å². The number of imidazole rings is 1. The molecule has 0 bridgehead atoms. The number of hydrogen-bond donors (Lipinski definition) is 0. The molecule has 0 spiro atoms. The first-order valence-corrected chi connectivity index (χ1v) is 10.9. The first-order chi connectivity index (χ1) is 14.6. The second-order valence-electron chi connectivity index (χ2n) is 7.59. The van der Waals surface area contributed by atoms with Crippen LogP contribution < -0.4 is 4.90 Å². The first-order valence-electron chi connectivity index (χ1n) is 10.9. The summed E-state index contributed by atoms with van der Waals surface area (Å²) in [5.41, 5.74) is 6.53. The fourth-order valence-electron chi connectivity index (χ4n) is 4.19. The quantitative estimate of drug-likeness (QED) is 0.501. The summed E-state index contributed by atoms with van der Waals surface area (Å²) in [7, 11) is 2.08. The summed E-state index contributed by atoms with van der Waals surface area (Å²) in [5, 5.41) is 1.10. The Morgan fingerprint density at radius 3 is 2.33 bits per heavy atom. The molecule has 4 aromatic rings. The molecule has 0 saturated carbocycles. The van der Waals surface area contributed by atoms with Crippen molar-refractivity contribution in [2.75, 3.05) is 18.0 Å². The zero-order valence-corrected chi connectivity index (χ0v) is 18.6. The standard InChI is InChI=1S/C22H24N6.C2H6/c1-14-22(28-12-5-13-28)15(2)25-19(24-14)9-10-20-26-21-16-6-4-11-23-17(16)7-8-18(21)27(20)3;1-2/h4,6-8,11H,5,9-10,12-13H2,1-3H3;1-2H3. The molecule has 0 unspecified atom stereocenters. The Bertz CT molecular complexity index is 1170. The van der Waals surface area contributed by atoms with Crippen molar-refractivity contribution < 1.29 is 0 Å². The molecule has 1 fully saturated rings. The number of aryl methyl sites for hydroxylation is 5. The molecule has 30 heavy (non-hydrogen) atoms. The van der Waals surface area contributed by atoms with E-state index < -0.39 is 0 Å². The number of rotatable bonds is 4. The minimum atomic E-state index is 0.787. The molecule has 0 radical (unpaired) electrons. The van der Waals surface area contributed by atoms with Gasteiger partial charge in [-0.15, -0.1) is 0 Å². The van der Waals surface area contributed by atoms with Crippen molar-refractivity contribution in [1.82, 2.24) is 24.5 Å². The lowest BCUT2D eigenvalue weighted by Crippen LogP contribution is -2.38. The molecule has 1 aliphatic rings. The molecular weight excluding hydrogens is 372 g/mol. The van der Waals surface area contributed by atoms with E-state index in [0.29, 0.717) is 0 Å². The fraction of sp³-hybridized carbons (Fsp3) is 0.417. The number of anilines is 1. The van der Waals surface area contributed by atoms with Crippen molar-refractivity contribution in [2.45, 2.75) is 47.0 Å². The van der Waals surface area contributed by atoms with E-state index in [1.165, 1.54) is 12.1 Å². The van der Waals surface area contributed by atoms with E-state index in [1.54, 1.807) is 0 Å². The van der Waals surface area contributed by atoms with E-state index in [9.17, 15) is 0 Å². The molecule has 1 saturated heterocycles. The summed E-state index contributed by atoms with van der Waals surface area (Å²) in [6.45, 7) is 10.4. The van der Waals surface area contributed by atoms with Crippen molar-refractivity contribution in [2.24, 2.45) is 7.05 Å². The van der Waals surface area contributed by atoms with Gasteiger partial charge in [-0.05, 0) is 44.5 Å². The van der Waals surface area contributed by atoms with Gasteiger partial charge in [-0.2, -0.15) is 0 Å². The Hall–Kier alpha value is -3.02. The summed E-state index contributed by atoms with van der Waals surface area (Å²) >= 11 is 0. The predicted octanol–water partition coefficient (Wildman–Crippen LogP) is 4.55. The average molecular weight is 403 g/mol. The molecule has 0 N–H and O–H groups in total. The van der Waals surface area contributed by atoms with Crippen LogP contribution in [0.15, 0.2) is 30.5 Å². The van der Waals surface area contributed by atoms with Gasteiger partial charge in [0, 0.05) is 44.6 Å².